The van der Waals surface area contributed by atoms with Crippen LogP contribution in [-0.4, -0.2) is 25.6 Å². The number of nitrogens with one attached hydrogen (secondary N) is 1. The summed E-state index contributed by atoms with van der Waals surface area (Å²) in [6.07, 6.45) is -4.57. The Morgan fingerprint density at radius 1 is 1.04 bits per heavy atom. The summed E-state index contributed by atoms with van der Waals surface area (Å²) in [6, 6.07) is 10.4. The number of halogens is 3. The Labute approximate surface area is 141 Å². The van der Waals surface area contributed by atoms with Crippen LogP contribution in [0.25, 0.3) is 0 Å². The van der Waals surface area contributed by atoms with E-state index in [0.717, 1.165) is 12.1 Å². The quantitative estimate of drug-likeness (QED) is 0.836. The SMILES string of the molecule is COC(=O)c1ccc(OCC(=O)Nc2ccccc2C(F)(F)F)cc1. The number of amides is 1. The van der Waals surface area contributed by atoms with Gasteiger partial charge in [0.25, 0.3) is 5.91 Å². The summed E-state index contributed by atoms with van der Waals surface area (Å²) in [5, 5.41) is 2.17. The van der Waals surface area contributed by atoms with Crippen LogP contribution in [0.15, 0.2) is 48.5 Å². The fourth-order valence-electron chi connectivity index (χ4n) is 1.98. The third-order valence-electron chi connectivity index (χ3n) is 3.15. The molecule has 1 N–H and O–H groups in total. The zero-order valence-electron chi connectivity index (χ0n) is 13.1. The predicted octanol–water partition coefficient (Wildman–Crippen LogP) is 3.51. The molecule has 0 fully saturated rings. The zero-order valence-corrected chi connectivity index (χ0v) is 13.1. The van der Waals surface area contributed by atoms with Gasteiger partial charge in [0.15, 0.2) is 6.61 Å². The number of hydrogen-bond donors (Lipinski definition) is 1. The maximum Gasteiger partial charge on any atom is 0.418 e. The van der Waals surface area contributed by atoms with Crippen molar-refractivity contribution in [2.45, 2.75) is 6.18 Å². The van der Waals surface area contributed by atoms with Crippen LogP contribution in [0.2, 0.25) is 0 Å². The number of rotatable bonds is 5. The van der Waals surface area contributed by atoms with Gasteiger partial charge in [-0.1, -0.05) is 12.1 Å². The Kier molecular flexibility index (Phi) is 5.63. The average molecular weight is 353 g/mol. The molecule has 0 aliphatic rings. The molecule has 8 heteroatoms. The molecule has 132 valence electrons. The first-order chi connectivity index (χ1) is 11.8. The fourth-order valence-corrected chi connectivity index (χ4v) is 1.98. The van der Waals surface area contributed by atoms with E-state index in [1.54, 1.807) is 0 Å². The van der Waals surface area contributed by atoms with Gasteiger partial charge >= 0.3 is 12.1 Å². The van der Waals surface area contributed by atoms with Crippen LogP contribution in [-0.2, 0) is 15.7 Å². The number of anilines is 1. The van der Waals surface area contributed by atoms with Crippen LogP contribution in [0.5, 0.6) is 5.75 Å². The van der Waals surface area contributed by atoms with E-state index < -0.39 is 30.2 Å². The van der Waals surface area contributed by atoms with Crippen molar-refractivity contribution in [2.75, 3.05) is 19.0 Å². The number of benzene rings is 2. The molecule has 2 aromatic carbocycles. The van der Waals surface area contributed by atoms with Crippen LogP contribution in [0.3, 0.4) is 0 Å². The van der Waals surface area contributed by atoms with E-state index in [1.165, 1.54) is 43.5 Å². The highest BCUT2D eigenvalue weighted by atomic mass is 19.4. The summed E-state index contributed by atoms with van der Waals surface area (Å²) < 4.78 is 48.3. The summed E-state index contributed by atoms with van der Waals surface area (Å²) in [5.74, 6) is -0.978. The minimum absolute atomic E-state index is 0.284. The van der Waals surface area contributed by atoms with Crippen molar-refractivity contribution in [3.05, 3.63) is 59.7 Å². The standard InChI is InChI=1S/C17H14F3NO4/c1-24-16(23)11-6-8-12(9-7-11)25-10-15(22)21-14-5-3-2-4-13(14)17(18,19)20/h2-9H,10H2,1H3,(H,21,22). The molecule has 5 nitrogen and oxygen atoms in total. The lowest BCUT2D eigenvalue weighted by atomic mass is 10.1. The summed E-state index contributed by atoms with van der Waals surface area (Å²) in [4.78, 5) is 23.1. The van der Waals surface area contributed by atoms with E-state index in [2.05, 4.69) is 10.1 Å². The molecule has 1 amide bonds. The van der Waals surface area contributed by atoms with E-state index >= 15 is 0 Å². The molecule has 25 heavy (non-hydrogen) atoms. The maximum atomic E-state index is 12.9. The van der Waals surface area contributed by atoms with Gasteiger partial charge in [0.2, 0.25) is 0 Å². The van der Waals surface area contributed by atoms with Crippen LogP contribution in [0, 0.1) is 0 Å². The van der Waals surface area contributed by atoms with Crippen molar-refractivity contribution >= 4 is 17.6 Å². The van der Waals surface area contributed by atoms with Gasteiger partial charge in [0.05, 0.1) is 23.9 Å². The first-order valence-electron chi connectivity index (χ1n) is 7.08. The van der Waals surface area contributed by atoms with Gasteiger partial charge in [-0.2, -0.15) is 13.2 Å². The topological polar surface area (TPSA) is 64.6 Å². The Morgan fingerprint density at radius 3 is 2.28 bits per heavy atom. The van der Waals surface area contributed by atoms with Crippen molar-refractivity contribution in [1.82, 2.24) is 0 Å². The second-order valence-electron chi connectivity index (χ2n) is 4.90. The molecule has 0 unspecified atom stereocenters. The Morgan fingerprint density at radius 2 is 1.68 bits per heavy atom. The summed E-state index contributed by atoms with van der Waals surface area (Å²) >= 11 is 0. The van der Waals surface area contributed by atoms with E-state index in [-0.39, 0.29) is 11.4 Å². The number of hydrogen-bond acceptors (Lipinski definition) is 4. The first kappa shape index (κ1) is 18.3. The molecular formula is C17H14F3NO4. The molecule has 0 aliphatic heterocycles. The van der Waals surface area contributed by atoms with E-state index in [4.69, 9.17) is 4.74 Å². The molecular weight excluding hydrogens is 339 g/mol. The van der Waals surface area contributed by atoms with Crippen molar-refractivity contribution in [3.63, 3.8) is 0 Å². The van der Waals surface area contributed by atoms with Crippen LogP contribution in [0.4, 0.5) is 18.9 Å². The van der Waals surface area contributed by atoms with E-state index in [0.29, 0.717) is 5.56 Å². The number of ether oxygens (including phenoxy) is 2. The summed E-state index contributed by atoms with van der Waals surface area (Å²) in [5.41, 5.74) is -0.978. The van der Waals surface area contributed by atoms with Crippen LogP contribution < -0.4 is 10.1 Å². The van der Waals surface area contributed by atoms with Gasteiger partial charge in [-0.05, 0) is 36.4 Å². The largest absolute Gasteiger partial charge is 0.484 e. The summed E-state index contributed by atoms with van der Waals surface area (Å²) in [6.45, 7) is -0.482. The van der Waals surface area contributed by atoms with Crippen LogP contribution >= 0.6 is 0 Å². The van der Waals surface area contributed by atoms with Crippen molar-refractivity contribution < 1.29 is 32.2 Å². The average Bonchev–Trinajstić information content (AvgIpc) is 2.59. The highest BCUT2D eigenvalue weighted by Gasteiger charge is 2.33. The highest BCUT2D eigenvalue weighted by Crippen LogP contribution is 2.34. The Bertz CT molecular complexity index is 757. The van der Waals surface area contributed by atoms with Gasteiger partial charge in [-0.15, -0.1) is 0 Å². The number of esters is 1. The number of para-hydroxylation sites is 1. The lowest BCUT2D eigenvalue weighted by Crippen LogP contribution is -2.22. The lowest BCUT2D eigenvalue weighted by Gasteiger charge is -2.13. The number of carbonyl (C=O) groups excluding carboxylic acids is 2. The Balaban J connectivity index is 1.97. The molecule has 2 aromatic rings. The molecule has 0 aromatic heterocycles. The zero-order chi connectivity index (χ0) is 18.4. The monoisotopic (exact) mass is 353 g/mol. The molecule has 0 radical (unpaired) electrons. The highest BCUT2D eigenvalue weighted by molar-refractivity contribution is 5.92. The van der Waals surface area contributed by atoms with E-state index in [9.17, 15) is 22.8 Å². The molecule has 0 bridgehead atoms. The van der Waals surface area contributed by atoms with Crippen molar-refractivity contribution in [2.24, 2.45) is 0 Å². The minimum atomic E-state index is -4.57. The number of carbonyl (C=O) groups is 2. The van der Waals surface area contributed by atoms with Gasteiger partial charge in [-0.25, -0.2) is 4.79 Å². The molecule has 0 spiro atoms. The predicted molar refractivity (Wildman–Crippen MR) is 83.4 cm³/mol. The second kappa shape index (κ2) is 7.69. The maximum absolute atomic E-state index is 12.9. The third kappa shape index (κ3) is 4.97. The lowest BCUT2D eigenvalue weighted by molar-refractivity contribution is -0.137. The molecule has 0 heterocycles. The minimum Gasteiger partial charge on any atom is -0.484 e. The smallest absolute Gasteiger partial charge is 0.418 e. The Hall–Kier alpha value is -3.03. The molecule has 0 saturated heterocycles. The number of alkyl halides is 3. The molecule has 0 aliphatic carbocycles. The molecule has 2 rings (SSSR count). The fraction of sp³-hybridized carbons (Fsp3) is 0.176. The summed E-state index contributed by atoms with van der Waals surface area (Å²) in [7, 11) is 1.25. The second-order valence-corrected chi connectivity index (χ2v) is 4.90. The van der Waals surface area contributed by atoms with E-state index in [1.807, 2.05) is 0 Å². The van der Waals surface area contributed by atoms with Gasteiger partial charge < -0.3 is 14.8 Å². The van der Waals surface area contributed by atoms with Gasteiger partial charge in [0, 0.05) is 0 Å². The normalized spacial score (nSPS) is 10.9. The molecule has 0 atom stereocenters. The first-order valence-corrected chi connectivity index (χ1v) is 7.08. The van der Waals surface area contributed by atoms with Crippen LogP contribution in [0.1, 0.15) is 15.9 Å². The van der Waals surface area contributed by atoms with Gasteiger partial charge in [-0.3, -0.25) is 4.79 Å². The number of methoxy groups -OCH3 is 1. The third-order valence-corrected chi connectivity index (χ3v) is 3.15. The van der Waals surface area contributed by atoms with Gasteiger partial charge in [0.1, 0.15) is 5.75 Å². The molecule has 0 saturated carbocycles. The van der Waals surface area contributed by atoms with Crippen molar-refractivity contribution in [1.29, 1.82) is 0 Å². The van der Waals surface area contributed by atoms with Crippen molar-refractivity contribution in [3.8, 4) is 5.75 Å².